The highest BCUT2D eigenvalue weighted by Gasteiger charge is 2.17. The zero-order chi connectivity index (χ0) is 10.1. The molecule has 1 atom stereocenters. The number of hydrogen-bond donors (Lipinski definition) is 3. The molecular formula is C12H15N3. The molecule has 0 bridgehead atoms. The number of hydrogen-bond acceptors (Lipinski definition) is 2. The van der Waals surface area contributed by atoms with Crippen molar-refractivity contribution in [2.24, 2.45) is 0 Å². The molecule has 3 N–H and O–H groups in total. The molecule has 1 aliphatic heterocycles. The van der Waals surface area contributed by atoms with Crippen LogP contribution in [0.3, 0.4) is 0 Å². The molecule has 2 aromatic rings. The molecule has 0 saturated carbocycles. The smallest absolute Gasteiger partial charge is 0.0468 e. The molecule has 3 heteroatoms. The molecule has 78 valence electrons. The van der Waals surface area contributed by atoms with Crippen LogP contribution in [0.2, 0.25) is 0 Å². The van der Waals surface area contributed by atoms with Gasteiger partial charge in [0.25, 0.3) is 0 Å². The summed E-state index contributed by atoms with van der Waals surface area (Å²) < 4.78 is 0. The van der Waals surface area contributed by atoms with Gasteiger partial charge in [0.2, 0.25) is 0 Å². The number of aromatic nitrogens is 1. The van der Waals surface area contributed by atoms with Crippen molar-refractivity contribution in [2.75, 3.05) is 19.6 Å². The van der Waals surface area contributed by atoms with Gasteiger partial charge >= 0.3 is 0 Å². The van der Waals surface area contributed by atoms with E-state index >= 15 is 0 Å². The van der Waals surface area contributed by atoms with Crippen molar-refractivity contribution in [1.29, 1.82) is 0 Å². The fourth-order valence-electron chi connectivity index (χ4n) is 2.26. The molecule has 0 unspecified atom stereocenters. The minimum Gasteiger partial charge on any atom is -0.361 e. The Morgan fingerprint density at radius 2 is 2.07 bits per heavy atom. The van der Waals surface area contributed by atoms with E-state index in [0.717, 1.165) is 19.6 Å². The predicted molar refractivity (Wildman–Crippen MR) is 61.9 cm³/mol. The second-order valence-electron chi connectivity index (χ2n) is 4.00. The summed E-state index contributed by atoms with van der Waals surface area (Å²) in [7, 11) is 0. The number of para-hydroxylation sites is 1. The van der Waals surface area contributed by atoms with E-state index in [1.807, 2.05) is 0 Å². The van der Waals surface area contributed by atoms with Crippen molar-refractivity contribution in [2.45, 2.75) is 6.04 Å². The van der Waals surface area contributed by atoms with Gasteiger partial charge in [0.05, 0.1) is 0 Å². The molecule has 1 fully saturated rings. The Labute approximate surface area is 88.9 Å². The Hall–Kier alpha value is -1.32. The molecule has 3 nitrogen and oxygen atoms in total. The van der Waals surface area contributed by atoms with E-state index < -0.39 is 0 Å². The number of nitrogens with one attached hydrogen (secondary N) is 3. The maximum absolute atomic E-state index is 3.53. The fourth-order valence-corrected chi connectivity index (χ4v) is 2.26. The number of H-pyrrole nitrogens is 1. The first-order chi connectivity index (χ1) is 7.45. The van der Waals surface area contributed by atoms with Gasteiger partial charge in [-0.2, -0.15) is 0 Å². The number of rotatable bonds is 1. The average Bonchev–Trinajstić information content (AvgIpc) is 2.74. The topological polar surface area (TPSA) is 39.8 Å². The summed E-state index contributed by atoms with van der Waals surface area (Å²) in [4.78, 5) is 3.32. The van der Waals surface area contributed by atoms with Crippen LogP contribution in [0.15, 0.2) is 30.5 Å². The molecule has 0 radical (unpaired) electrons. The van der Waals surface area contributed by atoms with Gasteiger partial charge in [-0.3, -0.25) is 0 Å². The lowest BCUT2D eigenvalue weighted by molar-refractivity contribution is 0.432. The highest BCUT2D eigenvalue weighted by atomic mass is 15.1. The van der Waals surface area contributed by atoms with Crippen LogP contribution in [-0.4, -0.2) is 24.6 Å². The monoisotopic (exact) mass is 201 g/mol. The first-order valence-electron chi connectivity index (χ1n) is 5.45. The van der Waals surface area contributed by atoms with Crippen LogP contribution < -0.4 is 10.6 Å². The summed E-state index contributed by atoms with van der Waals surface area (Å²) in [6.07, 6.45) is 2.12. The molecule has 0 aliphatic carbocycles. The van der Waals surface area contributed by atoms with Gasteiger partial charge in [0.1, 0.15) is 0 Å². The Morgan fingerprint density at radius 3 is 2.93 bits per heavy atom. The molecule has 15 heavy (non-hydrogen) atoms. The lowest BCUT2D eigenvalue weighted by Gasteiger charge is -2.24. The lowest BCUT2D eigenvalue weighted by Crippen LogP contribution is -2.42. The SMILES string of the molecule is c1ccc2c([C@H]3CNCCN3)c[nH]c2c1. The standard InChI is InChI=1S/C12H15N3/c1-2-4-11-9(3-1)10(7-15-11)12-8-13-5-6-14-12/h1-4,7,12-15H,5-6,8H2/t12-/m1/s1. The van der Waals surface area contributed by atoms with Crippen molar-refractivity contribution in [3.8, 4) is 0 Å². The third-order valence-corrected chi connectivity index (χ3v) is 3.04. The number of benzene rings is 1. The summed E-state index contributed by atoms with van der Waals surface area (Å²) in [5, 5.41) is 8.27. The molecule has 3 rings (SSSR count). The van der Waals surface area contributed by atoms with Crippen LogP contribution in [0.1, 0.15) is 11.6 Å². The van der Waals surface area contributed by atoms with Crippen LogP contribution in [0.5, 0.6) is 0 Å². The van der Waals surface area contributed by atoms with E-state index in [1.54, 1.807) is 0 Å². The van der Waals surface area contributed by atoms with Crippen LogP contribution in [0.25, 0.3) is 10.9 Å². The van der Waals surface area contributed by atoms with Crippen molar-refractivity contribution >= 4 is 10.9 Å². The quantitative estimate of drug-likeness (QED) is 0.652. The van der Waals surface area contributed by atoms with Crippen molar-refractivity contribution in [3.63, 3.8) is 0 Å². The van der Waals surface area contributed by atoms with E-state index in [1.165, 1.54) is 16.5 Å². The number of fused-ring (bicyclic) bond motifs is 1. The molecule has 0 spiro atoms. The molecule has 1 saturated heterocycles. The minimum atomic E-state index is 0.440. The zero-order valence-corrected chi connectivity index (χ0v) is 8.59. The third kappa shape index (κ3) is 1.54. The predicted octanol–water partition coefficient (Wildman–Crippen LogP) is 1.40. The summed E-state index contributed by atoms with van der Waals surface area (Å²) in [6, 6.07) is 8.90. The number of piperazine rings is 1. The van der Waals surface area contributed by atoms with E-state index in [4.69, 9.17) is 0 Å². The maximum atomic E-state index is 3.53. The molecular weight excluding hydrogens is 186 g/mol. The highest BCUT2D eigenvalue weighted by Crippen LogP contribution is 2.24. The average molecular weight is 201 g/mol. The van der Waals surface area contributed by atoms with E-state index in [0.29, 0.717) is 6.04 Å². The Bertz CT molecular complexity index is 455. The van der Waals surface area contributed by atoms with Gasteiger partial charge in [0.15, 0.2) is 0 Å². The largest absolute Gasteiger partial charge is 0.361 e. The first-order valence-corrected chi connectivity index (χ1v) is 5.45. The Morgan fingerprint density at radius 1 is 1.13 bits per heavy atom. The normalized spacial score (nSPS) is 22.0. The van der Waals surface area contributed by atoms with Crippen molar-refractivity contribution < 1.29 is 0 Å². The summed E-state index contributed by atoms with van der Waals surface area (Å²) in [5.74, 6) is 0. The lowest BCUT2D eigenvalue weighted by atomic mass is 10.0. The second-order valence-corrected chi connectivity index (χ2v) is 4.00. The summed E-state index contributed by atoms with van der Waals surface area (Å²) in [6.45, 7) is 3.13. The van der Waals surface area contributed by atoms with Gasteiger partial charge in [0, 0.05) is 42.8 Å². The van der Waals surface area contributed by atoms with Crippen molar-refractivity contribution in [1.82, 2.24) is 15.6 Å². The summed E-state index contributed by atoms with van der Waals surface area (Å²) >= 11 is 0. The molecule has 1 aromatic carbocycles. The molecule has 1 aromatic heterocycles. The maximum Gasteiger partial charge on any atom is 0.0468 e. The van der Waals surface area contributed by atoms with Crippen LogP contribution in [-0.2, 0) is 0 Å². The first kappa shape index (κ1) is 8.95. The van der Waals surface area contributed by atoms with E-state index in [2.05, 4.69) is 46.1 Å². The van der Waals surface area contributed by atoms with Gasteiger partial charge in [-0.25, -0.2) is 0 Å². The van der Waals surface area contributed by atoms with Crippen LogP contribution in [0.4, 0.5) is 0 Å². The molecule has 1 aliphatic rings. The minimum absolute atomic E-state index is 0.440. The highest BCUT2D eigenvalue weighted by molar-refractivity contribution is 5.83. The number of aromatic amines is 1. The van der Waals surface area contributed by atoms with Gasteiger partial charge in [-0.05, 0) is 11.6 Å². The fraction of sp³-hybridized carbons (Fsp3) is 0.333. The van der Waals surface area contributed by atoms with Gasteiger partial charge in [-0.15, -0.1) is 0 Å². The van der Waals surface area contributed by atoms with Crippen LogP contribution >= 0.6 is 0 Å². The Balaban J connectivity index is 2.02. The van der Waals surface area contributed by atoms with Crippen LogP contribution in [0, 0.1) is 0 Å². The molecule has 0 amide bonds. The van der Waals surface area contributed by atoms with Crippen molar-refractivity contribution in [3.05, 3.63) is 36.0 Å². The zero-order valence-electron chi connectivity index (χ0n) is 8.59. The third-order valence-electron chi connectivity index (χ3n) is 3.04. The van der Waals surface area contributed by atoms with E-state index in [-0.39, 0.29) is 0 Å². The summed E-state index contributed by atoms with van der Waals surface area (Å²) in [5.41, 5.74) is 2.60. The second kappa shape index (κ2) is 3.68. The van der Waals surface area contributed by atoms with Gasteiger partial charge < -0.3 is 15.6 Å². The van der Waals surface area contributed by atoms with Gasteiger partial charge in [-0.1, -0.05) is 18.2 Å². The Kier molecular flexibility index (Phi) is 2.19. The van der Waals surface area contributed by atoms with E-state index in [9.17, 15) is 0 Å². The molecule has 2 heterocycles.